The third kappa shape index (κ3) is 9.65. The van der Waals surface area contributed by atoms with Crippen molar-refractivity contribution in [1.82, 2.24) is 24.9 Å². The lowest BCUT2D eigenvalue weighted by Crippen LogP contribution is -2.43. The number of amides is 1. The van der Waals surface area contributed by atoms with E-state index in [9.17, 15) is 4.79 Å². The predicted octanol–water partition coefficient (Wildman–Crippen LogP) is 1.02. The van der Waals surface area contributed by atoms with Crippen LogP contribution < -0.4 is 5.32 Å². The number of nitrogens with one attached hydrogen (secondary N) is 1. The lowest BCUT2D eigenvalue weighted by molar-refractivity contribution is -0.127. The van der Waals surface area contributed by atoms with E-state index in [1.54, 1.807) is 19.0 Å². The van der Waals surface area contributed by atoms with Crippen LogP contribution in [0.15, 0.2) is 4.99 Å². The fourth-order valence-corrected chi connectivity index (χ4v) is 3.90. The van der Waals surface area contributed by atoms with Crippen molar-refractivity contribution < 1.29 is 9.53 Å². The molecule has 0 aromatic rings. The van der Waals surface area contributed by atoms with E-state index >= 15 is 0 Å². The van der Waals surface area contributed by atoms with Crippen molar-refractivity contribution in [2.75, 3.05) is 92.8 Å². The minimum atomic E-state index is 0. The van der Waals surface area contributed by atoms with Gasteiger partial charge in [0.2, 0.25) is 5.91 Å². The highest BCUT2D eigenvalue weighted by Crippen LogP contribution is 2.17. The first-order chi connectivity index (χ1) is 14.0. The number of rotatable bonds is 10. The lowest BCUT2D eigenvalue weighted by Gasteiger charge is -2.27. The molecule has 2 heterocycles. The van der Waals surface area contributed by atoms with E-state index in [4.69, 9.17) is 4.74 Å². The minimum Gasteiger partial charge on any atom is -0.379 e. The molecular weight excluding hydrogens is 495 g/mol. The van der Waals surface area contributed by atoms with Gasteiger partial charge in [-0.1, -0.05) is 13.8 Å². The molecule has 2 aliphatic rings. The second-order valence-electron chi connectivity index (χ2n) is 8.25. The van der Waals surface area contributed by atoms with Crippen LogP contribution in [0.2, 0.25) is 0 Å². The van der Waals surface area contributed by atoms with E-state index < -0.39 is 0 Å². The van der Waals surface area contributed by atoms with Crippen LogP contribution in [0.3, 0.4) is 0 Å². The molecule has 2 rings (SSSR count). The van der Waals surface area contributed by atoms with Gasteiger partial charge < -0.3 is 24.8 Å². The number of aliphatic imine (C=N–C) groups is 1. The number of guanidine groups is 1. The van der Waals surface area contributed by atoms with Gasteiger partial charge in [-0.15, -0.1) is 24.0 Å². The Morgan fingerprint density at radius 1 is 1.17 bits per heavy atom. The maximum atomic E-state index is 12.0. The van der Waals surface area contributed by atoms with Crippen LogP contribution in [0.5, 0.6) is 0 Å². The largest absolute Gasteiger partial charge is 0.379 e. The fraction of sp³-hybridized carbons (Fsp3) is 0.905. The second-order valence-corrected chi connectivity index (χ2v) is 8.25. The summed E-state index contributed by atoms with van der Waals surface area (Å²) < 4.78 is 5.42. The van der Waals surface area contributed by atoms with Crippen molar-refractivity contribution in [2.45, 2.75) is 26.7 Å². The van der Waals surface area contributed by atoms with Crippen molar-refractivity contribution in [2.24, 2.45) is 10.9 Å². The molecule has 2 aliphatic heterocycles. The van der Waals surface area contributed by atoms with Crippen LogP contribution in [0.4, 0.5) is 0 Å². The Morgan fingerprint density at radius 2 is 1.87 bits per heavy atom. The molecule has 30 heavy (non-hydrogen) atoms. The Labute approximate surface area is 200 Å². The standard InChI is InChI=1S/C21H42N6O2.HI/c1-5-25(6-2)17-19-8-11-27(18-19)21(23-16-20(28)24(3)4)22-9-7-10-26-12-14-29-15-13-26;/h19H,5-18H2,1-4H3,(H,22,23);1H. The average molecular weight is 539 g/mol. The van der Waals surface area contributed by atoms with Gasteiger partial charge in [0.25, 0.3) is 0 Å². The summed E-state index contributed by atoms with van der Waals surface area (Å²) in [5, 5.41) is 3.53. The average Bonchev–Trinajstić information content (AvgIpc) is 3.20. The Kier molecular flexibility index (Phi) is 13.9. The Bertz CT molecular complexity index is 510. The zero-order valence-electron chi connectivity index (χ0n) is 19.4. The van der Waals surface area contributed by atoms with E-state index in [2.05, 4.69) is 38.9 Å². The van der Waals surface area contributed by atoms with Gasteiger partial charge in [0, 0.05) is 53.4 Å². The third-order valence-corrected chi connectivity index (χ3v) is 5.90. The summed E-state index contributed by atoms with van der Waals surface area (Å²) in [6, 6.07) is 0. The van der Waals surface area contributed by atoms with Gasteiger partial charge in [-0.2, -0.15) is 0 Å². The predicted molar refractivity (Wildman–Crippen MR) is 134 cm³/mol. The summed E-state index contributed by atoms with van der Waals surface area (Å²) in [6.07, 6.45) is 2.25. The van der Waals surface area contributed by atoms with Crippen molar-refractivity contribution in [3.63, 3.8) is 0 Å². The first-order valence-corrected chi connectivity index (χ1v) is 11.3. The quantitative estimate of drug-likeness (QED) is 0.194. The molecule has 0 saturated carbocycles. The number of ether oxygens (including phenoxy) is 1. The number of hydrogen-bond donors (Lipinski definition) is 1. The summed E-state index contributed by atoms with van der Waals surface area (Å²) in [4.78, 5) is 25.6. The van der Waals surface area contributed by atoms with Gasteiger partial charge in [-0.3, -0.25) is 9.69 Å². The monoisotopic (exact) mass is 538 g/mol. The highest BCUT2D eigenvalue weighted by molar-refractivity contribution is 14.0. The molecule has 0 radical (unpaired) electrons. The highest BCUT2D eigenvalue weighted by atomic mass is 127. The fourth-order valence-electron chi connectivity index (χ4n) is 3.90. The van der Waals surface area contributed by atoms with Gasteiger partial charge in [0.05, 0.1) is 13.2 Å². The first kappa shape index (κ1) is 27.4. The molecule has 8 nitrogen and oxygen atoms in total. The summed E-state index contributed by atoms with van der Waals surface area (Å²) in [7, 11) is 3.56. The van der Waals surface area contributed by atoms with Crippen LogP contribution in [0.1, 0.15) is 26.7 Å². The molecule has 0 aromatic carbocycles. The molecular formula is C21H43IN6O2. The SMILES string of the molecule is CCN(CC)CC1CCN(C(=NCC(=O)N(C)C)NCCCN2CCOCC2)C1.I. The van der Waals surface area contributed by atoms with E-state index in [-0.39, 0.29) is 36.4 Å². The number of carbonyl (C=O) groups is 1. The van der Waals surface area contributed by atoms with Crippen LogP contribution >= 0.6 is 24.0 Å². The number of nitrogens with zero attached hydrogens (tertiary/aromatic N) is 5. The molecule has 0 spiro atoms. The maximum absolute atomic E-state index is 12.0. The number of hydrogen-bond acceptors (Lipinski definition) is 5. The summed E-state index contributed by atoms with van der Waals surface area (Å²) in [6.45, 7) is 15.7. The number of halogens is 1. The van der Waals surface area contributed by atoms with Crippen molar-refractivity contribution in [3.05, 3.63) is 0 Å². The smallest absolute Gasteiger partial charge is 0.243 e. The number of morpholine rings is 1. The molecule has 0 bridgehead atoms. The Balaban J connectivity index is 0.00000450. The minimum absolute atomic E-state index is 0. The molecule has 1 unspecified atom stereocenters. The van der Waals surface area contributed by atoms with Gasteiger partial charge >= 0.3 is 0 Å². The second kappa shape index (κ2) is 15.2. The maximum Gasteiger partial charge on any atom is 0.243 e. The number of likely N-dealkylation sites (N-methyl/N-ethyl adjacent to an activating group) is 1. The van der Waals surface area contributed by atoms with E-state index in [0.29, 0.717) is 5.92 Å². The number of carbonyl (C=O) groups excluding carboxylic acids is 1. The summed E-state index contributed by atoms with van der Waals surface area (Å²) >= 11 is 0. The zero-order valence-corrected chi connectivity index (χ0v) is 21.8. The molecule has 176 valence electrons. The number of likely N-dealkylation sites (tertiary alicyclic amines) is 1. The highest BCUT2D eigenvalue weighted by Gasteiger charge is 2.26. The first-order valence-electron chi connectivity index (χ1n) is 11.3. The van der Waals surface area contributed by atoms with Crippen LogP contribution in [0, 0.1) is 5.92 Å². The van der Waals surface area contributed by atoms with Gasteiger partial charge in [0.1, 0.15) is 6.54 Å². The van der Waals surface area contributed by atoms with Crippen LogP contribution in [0.25, 0.3) is 0 Å². The van der Waals surface area contributed by atoms with E-state index in [0.717, 1.165) is 84.5 Å². The van der Waals surface area contributed by atoms with Gasteiger partial charge in [-0.25, -0.2) is 4.99 Å². The molecule has 0 aliphatic carbocycles. The molecule has 2 fully saturated rings. The molecule has 9 heteroatoms. The molecule has 0 aromatic heterocycles. The Morgan fingerprint density at radius 3 is 2.50 bits per heavy atom. The summed E-state index contributed by atoms with van der Waals surface area (Å²) in [5.74, 6) is 1.60. The van der Waals surface area contributed by atoms with Gasteiger partial charge in [-0.05, 0) is 38.4 Å². The van der Waals surface area contributed by atoms with Crippen LogP contribution in [-0.2, 0) is 9.53 Å². The zero-order chi connectivity index (χ0) is 21.1. The third-order valence-electron chi connectivity index (χ3n) is 5.90. The van der Waals surface area contributed by atoms with Crippen LogP contribution in [-0.4, -0.2) is 124 Å². The topological polar surface area (TPSA) is 63.7 Å². The molecule has 1 N–H and O–H groups in total. The molecule has 1 atom stereocenters. The normalized spacial score (nSPS) is 20.4. The summed E-state index contributed by atoms with van der Waals surface area (Å²) in [5.41, 5.74) is 0. The molecule has 2 saturated heterocycles. The lowest BCUT2D eigenvalue weighted by atomic mass is 10.1. The van der Waals surface area contributed by atoms with E-state index in [1.165, 1.54) is 6.42 Å². The van der Waals surface area contributed by atoms with E-state index in [1.807, 2.05) is 0 Å². The van der Waals surface area contributed by atoms with Crippen molar-refractivity contribution in [3.8, 4) is 0 Å². The van der Waals surface area contributed by atoms with Crippen molar-refractivity contribution in [1.29, 1.82) is 0 Å². The molecule has 1 amide bonds. The van der Waals surface area contributed by atoms with Gasteiger partial charge in [0.15, 0.2) is 5.96 Å². The van der Waals surface area contributed by atoms with Crippen molar-refractivity contribution >= 4 is 35.8 Å². The Hall–Kier alpha value is -0.650.